The lowest BCUT2D eigenvalue weighted by Gasteiger charge is -2.00. The number of nitrogens with zero attached hydrogens (tertiary/aromatic N) is 3. The highest BCUT2D eigenvalue weighted by atomic mass is 35.5. The van der Waals surface area contributed by atoms with Crippen LogP contribution < -0.4 is 0 Å². The Bertz CT molecular complexity index is 932. The average molecular weight is 362 g/mol. The minimum atomic E-state index is -1.05. The van der Waals surface area contributed by atoms with Gasteiger partial charge in [-0.3, -0.25) is 4.79 Å². The average Bonchev–Trinajstić information content (AvgIpc) is 3.13. The first-order valence-electron chi connectivity index (χ1n) is 6.97. The van der Waals surface area contributed by atoms with Gasteiger partial charge in [-0.1, -0.05) is 23.7 Å². The fraction of sp³-hybridized carbons (Fsp3) is 0.125. The summed E-state index contributed by atoms with van der Waals surface area (Å²) in [7, 11) is 0. The van der Waals surface area contributed by atoms with Gasteiger partial charge in [0.1, 0.15) is 11.3 Å². The van der Waals surface area contributed by atoms with E-state index in [2.05, 4.69) is 10.1 Å². The van der Waals surface area contributed by atoms with Crippen LogP contribution in [0.4, 0.5) is 0 Å². The van der Waals surface area contributed by atoms with Crippen LogP contribution in [0.2, 0.25) is 5.02 Å². The third kappa shape index (κ3) is 3.22. The molecule has 24 heavy (non-hydrogen) atoms. The number of rotatable bonds is 5. The Balaban J connectivity index is 1.83. The number of thiazole rings is 1. The molecular formula is C16H12ClN3O3S. The van der Waals surface area contributed by atoms with Crippen LogP contribution in [-0.4, -0.2) is 31.6 Å². The molecule has 6 nitrogen and oxygen atoms in total. The molecule has 0 unspecified atom stereocenters. The zero-order valence-electron chi connectivity index (χ0n) is 12.6. The lowest BCUT2D eigenvalue weighted by atomic mass is 10.1. The van der Waals surface area contributed by atoms with Gasteiger partial charge >= 0.3 is 5.97 Å². The number of ketones is 1. The first kappa shape index (κ1) is 16.4. The van der Waals surface area contributed by atoms with Gasteiger partial charge < -0.3 is 5.11 Å². The SMILES string of the molecule is Cc1c(C(=O)O)cnn1-c1nc(C(=O)Cc2cccc(Cl)c2)cs1. The monoisotopic (exact) mass is 361 g/mol. The molecule has 0 atom stereocenters. The summed E-state index contributed by atoms with van der Waals surface area (Å²) in [4.78, 5) is 27.7. The third-order valence-electron chi connectivity index (χ3n) is 3.45. The molecule has 3 aromatic rings. The Hall–Kier alpha value is -2.51. The molecule has 0 aliphatic heterocycles. The topological polar surface area (TPSA) is 85.1 Å². The van der Waals surface area contributed by atoms with Crippen molar-refractivity contribution in [2.24, 2.45) is 0 Å². The number of aromatic carboxylic acids is 1. The maximum atomic E-state index is 12.3. The van der Waals surface area contributed by atoms with Crippen molar-refractivity contribution < 1.29 is 14.7 Å². The highest BCUT2D eigenvalue weighted by Crippen LogP contribution is 2.20. The zero-order chi connectivity index (χ0) is 17.3. The molecule has 0 amide bonds. The summed E-state index contributed by atoms with van der Waals surface area (Å²) in [6, 6.07) is 7.10. The Labute approximate surface area is 146 Å². The quantitative estimate of drug-likeness (QED) is 0.704. The van der Waals surface area contributed by atoms with Crippen molar-refractivity contribution in [3.8, 4) is 5.13 Å². The number of carboxylic acid groups (broad SMARTS) is 1. The maximum Gasteiger partial charge on any atom is 0.339 e. The smallest absolute Gasteiger partial charge is 0.339 e. The van der Waals surface area contributed by atoms with Crippen molar-refractivity contribution in [1.82, 2.24) is 14.8 Å². The molecule has 0 aliphatic rings. The number of carboxylic acids is 1. The summed E-state index contributed by atoms with van der Waals surface area (Å²) in [5, 5.41) is 15.8. The van der Waals surface area contributed by atoms with E-state index in [-0.39, 0.29) is 17.8 Å². The molecule has 0 spiro atoms. The van der Waals surface area contributed by atoms with E-state index in [4.69, 9.17) is 16.7 Å². The van der Waals surface area contributed by atoms with Crippen molar-refractivity contribution in [2.75, 3.05) is 0 Å². The maximum absolute atomic E-state index is 12.3. The fourth-order valence-electron chi connectivity index (χ4n) is 2.22. The van der Waals surface area contributed by atoms with Crippen LogP contribution in [0.3, 0.4) is 0 Å². The Morgan fingerprint density at radius 1 is 1.38 bits per heavy atom. The molecule has 0 bridgehead atoms. The summed E-state index contributed by atoms with van der Waals surface area (Å²) in [5.74, 6) is -1.18. The molecular weight excluding hydrogens is 350 g/mol. The van der Waals surface area contributed by atoms with E-state index in [0.29, 0.717) is 21.5 Å². The van der Waals surface area contributed by atoms with Crippen LogP contribution in [0.1, 0.15) is 32.1 Å². The van der Waals surface area contributed by atoms with E-state index in [9.17, 15) is 9.59 Å². The van der Waals surface area contributed by atoms with Crippen LogP contribution >= 0.6 is 22.9 Å². The van der Waals surface area contributed by atoms with Crippen LogP contribution in [-0.2, 0) is 6.42 Å². The van der Waals surface area contributed by atoms with E-state index in [1.165, 1.54) is 22.2 Å². The predicted molar refractivity (Wildman–Crippen MR) is 90.4 cm³/mol. The molecule has 2 heterocycles. The highest BCUT2D eigenvalue weighted by Gasteiger charge is 2.18. The van der Waals surface area contributed by atoms with Crippen LogP contribution in [0.15, 0.2) is 35.8 Å². The first-order chi connectivity index (χ1) is 11.5. The van der Waals surface area contributed by atoms with Gasteiger partial charge in [0.15, 0.2) is 5.78 Å². The molecule has 0 saturated carbocycles. The van der Waals surface area contributed by atoms with Gasteiger partial charge in [-0.2, -0.15) is 5.10 Å². The second kappa shape index (κ2) is 6.54. The van der Waals surface area contributed by atoms with Gasteiger partial charge in [0.05, 0.1) is 11.9 Å². The minimum Gasteiger partial charge on any atom is -0.478 e. The van der Waals surface area contributed by atoms with Gasteiger partial charge in [-0.15, -0.1) is 11.3 Å². The summed E-state index contributed by atoms with van der Waals surface area (Å²) in [6.45, 7) is 1.64. The van der Waals surface area contributed by atoms with Crippen molar-refractivity contribution in [3.05, 3.63) is 63.4 Å². The highest BCUT2D eigenvalue weighted by molar-refractivity contribution is 7.12. The molecule has 2 aromatic heterocycles. The predicted octanol–water partition coefficient (Wildman–Crippen LogP) is 3.41. The molecule has 8 heteroatoms. The van der Waals surface area contributed by atoms with Crippen LogP contribution in [0, 0.1) is 6.92 Å². The lowest BCUT2D eigenvalue weighted by molar-refractivity contribution is 0.0695. The number of Topliss-reactive ketones (excluding diaryl/α,β-unsaturated/α-hetero) is 1. The van der Waals surface area contributed by atoms with Crippen LogP contribution in [0.25, 0.3) is 5.13 Å². The first-order valence-corrected chi connectivity index (χ1v) is 8.23. The van der Waals surface area contributed by atoms with E-state index in [0.717, 1.165) is 5.56 Å². The summed E-state index contributed by atoms with van der Waals surface area (Å²) in [5.41, 5.74) is 1.70. The van der Waals surface area contributed by atoms with Gasteiger partial charge in [0.2, 0.25) is 5.13 Å². The lowest BCUT2D eigenvalue weighted by Crippen LogP contribution is -2.06. The molecule has 122 valence electrons. The number of aromatic nitrogens is 3. The molecule has 0 aliphatic carbocycles. The number of benzene rings is 1. The van der Waals surface area contributed by atoms with Crippen molar-refractivity contribution in [3.63, 3.8) is 0 Å². The second-order valence-corrected chi connectivity index (χ2v) is 6.38. The molecule has 1 N–H and O–H groups in total. The fourth-order valence-corrected chi connectivity index (χ4v) is 3.27. The van der Waals surface area contributed by atoms with Gasteiger partial charge in [-0.25, -0.2) is 14.5 Å². The summed E-state index contributed by atoms with van der Waals surface area (Å²) < 4.78 is 1.42. The molecule has 0 saturated heterocycles. The van der Waals surface area contributed by atoms with Gasteiger partial charge in [-0.05, 0) is 24.6 Å². The molecule has 0 fully saturated rings. The van der Waals surface area contributed by atoms with Gasteiger partial charge in [0, 0.05) is 16.8 Å². The third-order valence-corrected chi connectivity index (χ3v) is 4.50. The Morgan fingerprint density at radius 2 is 2.17 bits per heavy atom. The number of hydrogen-bond acceptors (Lipinski definition) is 5. The second-order valence-electron chi connectivity index (χ2n) is 5.11. The van der Waals surface area contributed by atoms with Crippen LogP contribution in [0.5, 0.6) is 0 Å². The van der Waals surface area contributed by atoms with Gasteiger partial charge in [0.25, 0.3) is 0 Å². The minimum absolute atomic E-state index is 0.108. The standard InChI is InChI=1S/C16H12ClN3O3S/c1-9-12(15(22)23)7-18-20(9)16-19-13(8-24-16)14(21)6-10-3-2-4-11(17)5-10/h2-5,7-8H,6H2,1H3,(H,22,23). The summed E-state index contributed by atoms with van der Waals surface area (Å²) >= 11 is 7.15. The summed E-state index contributed by atoms with van der Waals surface area (Å²) in [6.07, 6.45) is 1.47. The zero-order valence-corrected chi connectivity index (χ0v) is 14.1. The number of carbonyl (C=O) groups excluding carboxylic acids is 1. The van der Waals surface area contributed by atoms with E-state index >= 15 is 0 Å². The number of hydrogen-bond donors (Lipinski definition) is 1. The molecule has 0 radical (unpaired) electrons. The van der Waals surface area contributed by atoms with E-state index in [1.807, 2.05) is 6.07 Å². The Kier molecular flexibility index (Phi) is 4.46. The largest absolute Gasteiger partial charge is 0.478 e. The van der Waals surface area contributed by atoms with E-state index in [1.54, 1.807) is 30.5 Å². The normalized spacial score (nSPS) is 10.8. The Morgan fingerprint density at radius 3 is 2.83 bits per heavy atom. The number of carbonyl (C=O) groups is 2. The van der Waals surface area contributed by atoms with Crippen molar-refractivity contribution in [2.45, 2.75) is 13.3 Å². The van der Waals surface area contributed by atoms with Crippen molar-refractivity contribution >= 4 is 34.7 Å². The molecule has 1 aromatic carbocycles. The van der Waals surface area contributed by atoms with Crippen molar-refractivity contribution in [1.29, 1.82) is 0 Å². The van der Waals surface area contributed by atoms with E-state index < -0.39 is 5.97 Å². The number of halogens is 1. The molecule has 3 rings (SSSR count).